The fraction of sp³-hybridized carbons (Fsp3) is 0.562. The van der Waals surface area contributed by atoms with Crippen LogP contribution in [0.15, 0.2) is 18.2 Å². The van der Waals surface area contributed by atoms with E-state index < -0.39 is 0 Å². The van der Waals surface area contributed by atoms with E-state index in [0.717, 1.165) is 18.5 Å². The summed E-state index contributed by atoms with van der Waals surface area (Å²) >= 11 is 0. The number of rotatable bonds is 4. The van der Waals surface area contributed by atoms with Crippen molar-refractivity contribution in [1.82, 2.24) is 10.6 Å². The second kappa shape index (κ2) is 6.75. The van der Waals surface area contributed by atoms with Crippen molar-refractivity contribution in [1.29, 1.82) is 0 Å². The molecule has 1 aliphatic heterocycles. The molecule has 4 heteroatoms. The minimum absolute atomic E-state index is 0.123. The molecule has 110 valence electrons. The first-order chi connectivity index (χ1) is 9.61. The maximum absolute atomic E-state index is 12.1. The lowest BCUT2D eigenvalue weighted by Crippen LogP contribution is -2.48. The standard InChI is InChI=1S/C16H24N2O2/c1-3-12-5-4-8-17-14(12)10-18-16(20)13-7-6-11(2)15(19)9-13/h6-7,9,12,14,17,19H,3-5,8,10H2,1-2H3,(H,18,20). The van der Waals surface area contributed by atoms with Crippen molar-refractivity contribution in [2.45, 2.75) is 39.2 Å². The zero-order chi connectivity index (χ0) is 14.5. The summed E-state index contributed by atoms with van der Waals surface area (Å²) in [6.07, 6.45) is 3.59. The Morgan fingerprint density at radius 3 is 3.00 bits per heavy atom. The lowest BCUT2D eigenvalue weighted by Gasteiger charge is -2.32. The Bertz CT molecular complexity index is 474. The minimum atomic E-state index is -0.123. The molecule has 1 heterocycles. The number of phenols is 1. The Labute approximate surface area is 120 Å². The zero-order valence-corrected chi connectivity index (χ0v) is 12.3. The topological polar surface area (TPSA) is 61.4 Å². The first-order valence-corrected chi connectivity index (χ1v) is 7.43. The highest BCUT2D eigenvalue weighted by Crippen LogP contribution is 2.20. The second-order valence-corrected chi connectivity index (χ2v) is 5.58. The van der Waals surface area contributed by atoms with E-state index in [9.17, 15) is 9.90 Å². The van der Waals surface area contributed by atoms with Gasteiger partial charge in [0.2, 0.25) is 0 Å². The Morgan fingerprint density at radius 1 is 1.50 bits per heavy atom. The lowest BCUT2D eigenvalue weighted by atomic mass is 9.88. The number of aryl methyl sites for hydroxylation is 1. The van der Waals surface area contributed by atoms with Gasteiger partial charge >= 0.3 is 0 Å². The van der Waals surface area contributed by atoms with Gasteiger partial charge in [0.15, 0.2) is 0 Å². The highest BCUT2D eigenvalue weighted by atomic mass is 16.3. The van der Waals surface area contributed by atoms with E-state index in [1.54, 1.807) is 12.1 Å². The largest absolute Gasteiger partial charge is 0.508 e. The summed E-state index contributed by atoms with van der Waals surface area (Å²) in [6.45, 7) is 5.69. The predicted molar refractivity (Wildman–Crippen MR) is 80.0 cm³/mol. The third kappa shape index (κ3) is 3.51. The molecule has 2 rings (SSSR count). The molecule has 1 fully saturated rings. The number of hydrogen-bond acceptors (Lipinski definition) is 3. The van der Waals surface area contributed by atoms with Crippen molar-refractivity contribution in [2.75, 3.05) is 13.1 Å². The van der Waals surface area contributed by atoms with Crippen molar-refractivity contribution in [3.63, 3.8) is 0 Å². The van der Waals surface area contributed by atoms with E-state index in [1.807, 2.05) is 6.92 Å². The SMILES string of the molecule is CCC1CCCNC1CNC(=O)c1ccc(C)c(O)c1. The number of piperidine rings is 1. The van der Waals surface area contributed by atoms with Crippen molar-refractivity contribution in [2.24, 2.45) is 5.92 Å². The van der Waals surface area contributed by atoms with Crippen molar-refractivity contribution in [3.8, 4) is 5.75 Å². The number of aromatic hydroxyl groups is 1. The molecule has 2 unspecified atom stereocenters. The van der Waals surface area contributed by atoms with Gasteiger partial charge in [-0.3, -0.25) is 4.79 Å². The van der Waals surface area contributed by atoms with E-state index in [-0.39, 0.29) is 11.7 Å². The van der Waals surface area contributed by atoms with Gasteiger partial charge in [-0.15, -0.1) is 0 Å². The van der Waals surface area contributed by atoms with Crippen molar-refractivity contribution in [3.05, 3.63) is 29.3 Å². The van der Waals surface area contributed by atoms with Gasteiger partial charge in [0.25, 0.3) is 5.91 Å². The molecule has 1 amide bonds. The Morgan fingerprint density at radius 2 is 2.30 bits per heavy atom. The van der Waals surface area contributed by atoms with Crippen LogP contribution in [0.2, 0.25) is 0 Å². The van der Waals surface area contributed by atoms with Crippen LogP contribution in [0.1, 0.15) is 42.1 Å². The molecule has 1 saturated heterocycles. The maximum Gasteiger partial charge on any atom is 0.251 e. The average molecular weight is 276 g/mol. The normalized spacial score (nSPS) is 22.5. The summed E-state index contributed by atoms with van der Waals surface area (Å²) < 4.78 is 0. The zero-order valence-electron chi connectivity index (χ0n) is 12.3. The molecule has 0 bridgehead atoms. The quantitative estimate of drug-likeness (QED) is 0.790. The molecule has 1 aromatic rings. The number of amides is 1. The molecular weight excluding hydrogens is 252 g/mol. The van der Waals surface area contributed by atoms with Crippen LogP contribution in [-0.2, 0) is 0 Å². The molecule has 3 N–H and O–H groups in total. The van der Waals surface area contributed by atoms with Gasteiger partial charge in [0.1, 0.15) is 5.75 Å². The number of carbonyl (C=O) groups excluding carboxylic acids is 1. The molecule has 0 saturated carbocycles. The maximum atomic E-state index is 12.1. The highest BCUT2D eigenvalue weighted by Gasteiger charge is 2.23. The molecule has 1 aliphatic rings. The molecule has 0 spiro atoms. The van der Waals surface area contributed by atoms with Gasteiger partial charge in [-0.05, 0) is 49.9 Å². The Hall–Kier alpha value is -1.55. The fourth-order valence-electron chi connectivity index (χ4n) is 2.80. The first-order valence-electron chi connectivity index (χ1n) is 7.43. The number of nitrogens with one attached hydrogen (secondary N) is 2. The van der Waals surface area contributed by atoms with Gasteiger partial charge in [0.05, 0.1) is 0 Å². The van der Waals surface area contributed by atoms with E-state index in [2.05, 4.69) is 17.6 Å². The number of benzene rings is 1. The van der Waals surface area contributed by atoms with Gasteiger partial charge in [-0.2, -0.15) is 0 Å². The molecule has 0 aromatic heterocycles. The summed E-state index contributed by atoms with van der Waals surface area (Å²) in [5, 5.41) is 16.1. The molecule has 0 radical (unpaired) electrons. The van der Waals surface area contributed by atoms with Crippen LogP contribution in [0.5, 0.6) is 5.75 Å². The highest BCUT2D eigenvalue weighted by molar-refractivity contribution is 5.94. The van der Waals surface area contributed by atoms with Gasteiger partial charge in [-0.1, -0.05) is 19.4 Å². The van der Waals surface area contributed by atoms with Crippen LogP contribution in [-0.4, -0.2) is 30.1 Å². The lowest BCUT2D eigenvalue weighted by molar-refractivity contribution is 0.0941. The molecular formula is C16H24N2O2. The van der Waals surface area contributed by atoms with E-state index >= 15 is 0 Å². The van der Waals surface area contributed by atoms with Gasteiger partial charge < -0.3 is 15.7 Å². The Kier molecular flexibility index (Phi) is 5.01. The van der Waals surface area contributed by atoms with Crippen LogP contribution < -0.4 is 10.6 Å². The second-order valence-electron chi connectivity index (χ2n) is 5.58. The summed E-state index contributed by atoms with van der Waals surface area (Å²) in [5.41, 5.74) is 1.29. The number of carbonyl (C=O) groups is 1. The van der Waals surface area contributed by atoms with Crippen LogP contribution in [0.3, 0.4) is 0 Å². The van der Waals surface area contributed by atoms with Crippen LogP contribution in [0, 0.1) is 12.8 Å². The van der Waals surface area contributed by atoms with Crippen LogP contribution in [0.25, 0.3) is 0 Å². The van der Waals surface area contributed by atoms with E-state index in [4.69, 9.17) is 0 Å². The van der Waals surface area contributed by atoms with Crippen LogP contribution >= 0.6 is 0 Å². The van der Waals surface area contributed by atoms with E-state index in [1.165, 1.54) is 18.9 Å². The third-order valence-electron chi connectivity index (χ3n) is 4.21. The molecule has 20 heavy (non-hydrogen) atoms. The van der Waals surface area contributed by atoms with Crippen molar-refractivity contribution >= 4 is 5.91 Å². The summed E-state index contributed by atoms with van der Waals surface area (Å²) in [5.74, 6) is 0.679. The Balaban J connectivity index is 1.92. The smallest absolute Gasteiger partial charge is 0.251 e. The minimum Gasteiger partial charge on any atom is -0.508 e. The average Bonchev–Trinajstić information content (AvgIpc) is 2.47. The molecule has 1 aromatic carbocycles. The monoisotopic (exact) mass is 276 g/mol. The van der Waals surface area contributed by atoms with E-state index in [0.29, 0.717) is 24.1 Å². The number of phenolic OH excluding ortho intramolecular Hbond substituents is 1. The van der Waals surface area contributed by atoms with Crippen molar-refractivity contribution < 1.29 is 9.90 Å². The molecule has 4 nitrogen and oxygen atoms in total. The van der Waals surface area contributed by atoms with Gasteiger partial charge in [-0.25, -0.2) is 0 Å². The fourth-order valence-corrected chi connectivity index (χ4v) is 2.80. The summed E-state index contributed by atoms with van der Waals surface area (Å²) in [7, 11) is 0. The molecule has 0 aliphatic carbocycles. The summed E-state index contributed by atoms with van der Waals surface area (Å²) in [6, 6.07) is 5.39. The molecule has 2 atom stereocenters. The third-order valence-corrected chi connectivity index (χ3v) is 4.21. The number of hydrogen-bond donors (Lipinski definition) is 3. The first kappa shape index (κ1) is 14.9. The summed E-state index contributed by atoms with van der Waals surface area (Å²) in [4.78, 5) is 12.1. The van der Waals surface area contributed by atoms with Crippen LogP contribution in [0.4, 0.5) is 0 Å². The van der Waals surface area contributed by atoms with Gasteiger partial charge in [0, 0.05) is 18.2 Å². The predicted octanol–water partition coefficient (Wildman–Crippen LogP) is 2.21.